The molecule has 0 aromatic carbocycles. The predicted octanol–water partition coefficient (Wildman–Crippen LogP) is 5.66. The normalized spacial score (nSPS) is 13.7. The fourth-order valence-corrected chi connectivity index (χ4v) is 3.35. The van der Waals surface area contributed by atoms with Gasteiger partial charge in [-0.3, -0.25) is 4.79 Å². The van der Waals surface area contributed by atoms with Crippen LogP contribution >= 0.6 is 0 Å². The van der Waals surface area contributed by atoms with Gasteiger partial charge >= 0.3 is 0 Å². The molecule has 0 aromatic heterocycles. The number of amides is 1. The lowest BCUT2D eigenvalue weighted by Gasteiger charge is -2.22. The Labute approximate surface area is 174 Å². The maximum absolute atomic E-state index is 12.0. The highest BCUT2D eigenvalue weighted by Crippen LogP contribution is 2.10. The zero-order chi connectivity index (χ0) is 20.9. The van der Waals surface area contributed by atoms with Crippen molar-refractivity contribution >= 4 is 5.91 Å². The molecule has 4 nitrogen and oxygen atoms in total. The van der Waals surface area contributed by atoms with Gasteiger partial charge < -0.3 is 15.5 Å². The van der Waals surface area contributed by atoms with Crippen molar-refractivity contribution in [2.75, 3.05) is 6.61 Å². The Morgan fingerprint density at radius 1 is 0.821 bits per heavy atom. The summed E-state index contributed by atoms with van der Waals surface area (Å²) in [7, 11) is 0. The lowest BCUT2D eigenvalue weighted by Crippen LogP contribution is -2.45. The number of hydrogen-bond donors (Lipinski definition) is 3. The maximum atomic E-state index is 12.0. The van der Waals surface area contributed by atoms with Crippen molar-refractivity contribution in [1.82, 2.24) is 5.32 Å². The van der Waals surface area contributed by atoms with E-state index in [-0.39, 0.29) is 12.5 Å². The SMILES string of the molecule is CCCCCC/C=C\CCCCCCCC(=O)NC(CO)C(O)CCCCC. The predicted molar refractivity (Wildman–Crippen MR) is 119 cm³/mol. The highest BCUT2D eigenvalue weighted by Gasteiger charge is 2.19. The van der Waals surface area contributed by atoms with Gasteiger partial charge in [0.1, 0.15) is 0 Å². The van der Waals surface area contributed by atoms with E-state index in [2.05, 4.69) is 31.3 Å². The quantitative estimate of drug-likeness (QED) is 0.183. The molecule has 3 N–H and O–H groups in total. The molecule has 0 aliphatic heterocycles. The van der Waals surface area contributed by atoms with Gasteiger partial charge in [0, 0.05) is 6.42 Å². The smallest absolute Gasteiger partial charge is 0.220 e. The van der Waals surface area contributed by atoms with Gasteiger partial charge in [0.15, 0.2) is 0 Å². The van der Waals surface area contributed by atoms with Gasteiger partial charge in [-0.15, -0.1) is 0 Å². The Bertz CT molecular complexity index is 371. The zero-order valence-corrected chi connectivity index (χ0v) is 18.6. The molecule has 0 heterocycles. The van der Waals surface area contributed by atoms with E-state index in [4.69, 9.17) is 0 Å². The van der Waals surface area contributed by atoms with Crippen LogP contribution in [0.5, 0.6) is 0 Å². The van der Waals surface area contributed by atoms with Gasteiger partial charge in [-0.25, -0.2) is 0 Å². The number of aliphatic hydroxyl groups excluding tert-OH is 2. The van der Waals surface area contributed by atoms with Crippen LogP contribution in [0.4, 0.5) is 0 Å². The van der Waals surface area contributed by atoms with E-state index in [0.717, 1.165) is 32.1 Å². The molecule has 0 aliphatic rings. The van der Waals surface area contributed by atoms with E-state index < -0.39 is 12.1 Å². The molecule has 166 valence electrons. The molecule has 0 saturated carbocycles. The Hall–Kier alpha value is -0.870. The van der Waals surface area contributed by atoms with Crippen LogP contribution in [-0.4, -0.2) is 34.9 Å². The fraction of sp³-hybridized carbons (Fsp3) is 0.875. The first-order valence-electron chi connectivity index (χ1n) is 11.9. The summed E-state index contributed by atoms with van der Waals surface area (Å²) in [6, 6.07) is -0.530. The van der Waals surface area contributed by atoms with Crippen LogP contribution in [0, 0.1) is 0 Å². The summed E-state index contributed by atoms with van der Waals surface area (Å²) < 4.78 is 0. The zero-order valence-electron chi connectivity index (χ0n) is 18.6. The van der Waals surface area contributed by atoms with Crippen molar-refractivity contribution in [3.05, 3.63) is 12.2 Å². The first kappa shape index (κ1) is 27.1. The molecule has 1 amide bonds. The summed E-state index contributed by atoms with van der Waals surface area (Å²) in [6.07, 6.45) is 21.5. The van der Waals surface area contributed by atoms with Crippen LogP contribution in [-0.2, 0) is 4.79 Å². The van der Waals surface area contributed by atoms with E-state index in [1.807, 2.05) is 0 Å². The molecular formula is C24H47NO3. The molecule has 2 atom stereocenters. The van der Waals surface area contributed by atoms with E-state index >= 15 is 0 Å². The number of aliphatic hydroxyl groups is 2. The third-order valence-corrected chi connectivity index (χ3v) is 5.28. The number of hydrogen-bond acceptors (Lipinski definition) is 3. The van der Waals surface area contributed by atoms with Gasteiger partial charge in [-0.05, 0) is 38.5 Å². The van der Waals surface area contributed by atoms with Crippen molar-refractivity contribution in [2.24, 2.45) is 0 Å². The Balaban J connectivity index is 3.58. The second kappa shape index (κ2) is 20.9. The molecule has 2 unspecified atom stereocenters. The summed E-state index contributed by atoms with van der Waals surface area (Å²) in [4.78, 5) is 12.0. The standard InChI is InChI=1S/C24H47NO3/c1-3-5-7-8-9-10-11-12-13-14-15-16-18-20-24(28)25-22(21-26)23(27)19-17-6-4-2/h10-11,22-23,26-27H,3-9,12-21H2,1-2H3,(H,25,28)/b11-10-. The molecule has 0 fully saturated rings. The second-order valence-corrected chi connectivity index (χ2v) is 8.05. The van der Waals surface area contributed by atoms with E-state index in [9.17, 15) is 15.0 Å². The molecule has 4 heteroatoms. The van der Waals surface area contributed by atoms with Gasteiger partial charge in [0.25, 0.3) is 0 Å². The number of nitrogens with one attached hydrogen (secondary N) is 1. The van der Waals surface area contributed by atoms with Crippen molar-refractivity contribution in [3.8, 4) is 0 Å². The van der Waals surface area contributed by atoms with Crippen LogP contribution in [0.25, 0.3) is 0 Å². The average Bonchev–Trinajstić information content (AvgIpc) is 2.69. The molecule has 0 bridgehead atoms. The molecule has 0 aliphatic carbocycles. The van der Waals surface area contributed by atoms with Gasteiger partial charge in [-0.1, -0.05) is 83.8 Å². The number of allylic oxidation sites excluding steroid dienone is 2. The first-order chi connectivity index (χ1) is 13.7. The molecule has 0 aromatic rings. The van der Waals surface area contributed by atoms with Gasteiger partial charge in [0.05, 0.1) is 18.8 Å². The fourth-order valence-electron chi connectivity index (χ4n) is 3.35. The molecular weight excluding hydrogens is 350 g/mol. The molecule has 28 heavy (non-hydrogen) atoms. The molecule has 0 radical (unpaired) electrons. The number of carbonyl (C=O) groups excluding carboxylic acids is 1. The van der Waals surface area contributed by atoms with Gasteiger partial charge in [0.2, 0.25) is 5.91 Å². The number of unbranched alkanes of at least 4 members (excludes halogenated alkanes) is 11. The monoisotopic (exact) mass is 397 g/mol. The third kappa shape index (κ3) is 17.2. The van der Waals surface area contributed by atoms with Gasteiger partial charge in [-0.2, -0.15) is 0 Å². The summed E-state index contributed by atoms with van der Waals surface area (Å²) in [5.41, 5.74) is 0. The minimum atomic E-state index is -0.653. The number of carbonyl (C=O) groups is 1. The van der Waals surface area contributed by atoms with Crippen molar-refractivity contribution in [1.29, 1.82) is 0 Å². The van der Waals surface area contributed by atoms with Crippen LogP contribution in [0.2, 0.25) is 0 Å². The lowest BCUT2D eigenvalue weighted by molar-refractivity contribution is -0.123. The van der Waals surface area contributed by atoms with Crippen LogP contribution < -0.4 is 5.32 Å². The summed E-state index contributed by atoms with van der Waals surface area (Å²) in [5.74, 6) is -0.0559. The van der Waals surface area contributed by atoms with Crippen LogP contribution in [0.3, 0.4) is 0 Å². The van der Waals surface area contributed by atoms with Crippen LogP contribution in [0.15, 0.2) is 12.2 Å². The topological polar surface area (TPSA) is 69.6 Å². The molecule has 0 rings (SSSR count). The van der Waals surface area contributed by atoms with E-state index in [0.29, 0.717) is 12.8 Å². The maximum Gasteiger partial charge on any atom is 0.220 e. The lowest BCUT2D eigenvalue weighted by atomic mass is 10.0. The highest BCUT2D eigenvalue weighted by atomic mass is 16.3. The summed E-state index contributed by atoms with van der Waals surface area (Å²) in [5, 5.41) is 22.3. The minimum Gasteiger partial charge on any atom is -0.394 e. The summed E-state index contributed by atoms with van der Waals surface area (Å²) in [6.45, 7) is 4.16. The Morgan fingerprint density at radius 3 is 1.96 bits per heavy atom. The second-order valence-electron chi connectivity index (χ2n) is 8.05. The van der Waals surface area contributed by atoms with E-state index in [1.54, 1.807) is 0 Å². The summed E-state index contributed by atoms with van der Waals surface area (Å²) >= 11 is 0. The van der Waals surface area contributed by atoms with Crippen LogP contribution in [0.1, 0.15) is 117 Å². The van der Waals surface area contributed by atoms with Crippen molar-refractivity contribution in [3.63, 3.8) is 0 Å². The highest BCUT2D eigenvalue weighted by molar-refractivity contribution is 5.76. The third-order valence-electron chi connectivity index (χ3n) is 5.28. The molecule has 0 spiro atoms. The average molecular weight is 398 g/mol. The Morgan fingerprint density at radius 2 is 1.36 bits per heavy atom. The van der Waals surface area contributed by atoms with E-state index in [1.165, 1.54) is 57.8 Å². The Kier molecular flexibility index (Phi) is 20.2. The first-order valence-corrected chi connectivity index (χ1v) is 11.9. The molecule has 0 saturated heterocycles. The number of rotatable bonds is 20. The minimum absolute atomic E-state index is 0.0559. The largest absolute Gasteiger partial charge is 0.394 e. The van der Waals surface area contributed by atoms with Crippen molar-refractivity contribution in [2.45, 2.75) is 129 Å². The van der Waals surface area contributed by atoms with Crippen molar-refractivity contribution < 1.29 is 15.0 Å².